The summed E-state index contributed by atoms with van der Waals surface area (Å²) >= 11 is 1.07. The van der Waals surface area contributed by atoms with Gasteiger partial charge in [-0.05, 0) is 0 Å². The van der Waals surface area contributed by atoms with Crippen LogP contribution in [-0.4, -0.2) is 55.6 Å². The molecule has 0 radical (unpaired) electrons. The molecule has 0 aromatic carbocycles. The number of aromatic amines is 1. The van der Waals surface area contributed by atoms with Gasteiger partial charge in [0.05, 0.1) is 18.1 Å². The molecular formula is C8H12N4O3S. The molecule has 0 spiro atoms. The molecule has 16 heavy (non-hydrogen) atoms. The van der Waals surface area contributed by atoms with Gasteiger partial charge in [0.1, 0.15) is 12.2 Å². The van der Waals surface area contributed by atoms with Crippen molar-refractivity contribution in [2.45, 2.75) is 6.54 Å². The van der Waals surface area contributed by atoms with Crippen molar-refractivity contribution in [3.05, 3.63) is 12.2 Å². The first-order valence-electron chi connectivity index (χ1n) is 4.47. The van der Waals surface area contributed by atoms with Crippen molar-refractivity contribution in [1.82, 2.24) is 20.1 Å². The number of nitrogens with one attached hydrogen (secondary N) is 1. The summed E-state index contributed by atoms with van der Waals surface area (Å²) in [6.45, 7) is 0.340. The third-order valence-corrected chi connectivity index (χ3v) is 2.63. The summed E-state index contributed by atoms with van der Waals surface area (Å²) in [4.78, 5) is 27.1. The standard InChI is InChI=1S/C8H12N4O3S/c1-12(2-6-9-5-10-11-6)7(13)3-16-4-8(14)15/h5H,2-4H2,1H3,(H,14,15)(H,9,10,11). The smallest absolute Gasteiger partial charge is 0.313 e. The predicted molar refractivity (Wildman–Crippen MR) is 57.8 cm³/mol. The monoisotopic (exact) mass is 244 g/mol. The molecule has 1 rings (SSSR count). The molecule has 0 saturated heterocycles. The van der Waals surface area contributed by atoms with Crippen LogP contribution in [0.2, 0.25) is 0 Å². The maximum atomic E-state index is 11.5. The van der Waals surface area contributed by atoms with Crippen molar-refractivity contribution >= 4 is 23.6 Å². The van der Waals surface area contributed by atoms with Gasteiger partial charge in [-0.25, -0.2) is 4.98 Å². The molecule has 0 bridgehead atoms. The maximum absolute atomic E-state index is 11.5. The number of nitrogens with zero attached hydrogens (tertiary/aromatic N) is 3. The lowest BCUT2D eigenvalue weighted by Gasteiger charge is -2.14. The van der Waals surface area contributed by atoms with E-state index in [2.05, 4.69) is 15.2 Å². The van der Waals surface area contributed by atoms with E-state index < -0.39 is 5.97 Å². The van der Waals surface area contributed by atoms with E-state index in [9.17, 15) is 9.59 Å². The van der Waals surface area contributed by atoms with Gasteiger partial charge in [0.2, 0.25) is 5.91 Å². The van der Waals surface area contributed by atoms with Crippen LogP contribution in [0.4, 0.5) is 0 Å². The van der Waals surface area contributed by atoms with Crippen molar-refractivity contribution < 1.29 is 14.7 Å². The van der Waals surface area contributed by atoms with Crippen molar-refractivity contribution in [2.75, 3.05) is 18.6 Å². The van der Waals surface area contributed by atoms with E-state index in [0.29, 0.717) is 12.4 Å². The number of aliphatic carboxylic acids is 1. The van der Waals surface area contributed by atoms with Gasteiger partial charge < -0.3 is 10.0 Å². The minimum absolute atomic E-state index is 0.0676. The number of carboxylic acid groups (broad SMARTS) is 1. The van der Waals surface area contributed by atoms with E-state index in [1.807, 2.05) is 0 Å². The Bertz CT molecular complexity index is 354. The number of aromatic nitrogens is 3. The second kappa shape index (κ2) is 6.11. The number of hydrogen-bond acceptors (Lipinski definition) is 5. The number of carboxylic acids is 1. The lowest BCUT2D eigenvalue weighted by atomic mass is 10.5. The molecule has 1 aromatic rings. The second-order valence-electron chi connectivity index (χ2n) is 3.07. The van der Waals surface area contributed by atoms with Crippen LogP contribution in [0.3, 0.4) is 0 Å². The molecule has 0 unspecified atom stereocenters. The van der Waals surface area contributed by atoms with Gasteiger partial charge >= 0.3 is 5.97 Å². The highest BCUT2D eigenvalue weighted by atomic mass is 32.2. The minimum Gasteiger partial charge on any atom is -0.481 e. The zero-order valence-electron chi connectivity index (χ0n) is 8.71. The third kappa shape index (κ3) is 4.30. The number of hydrogen-bond donors (Lipinski definition) is 2. The number of thioether (sulfide) groups is 1. The van der Waals surface area contributed by atoms with E-state index in [0.717, 1.165) is 11.8 Å². The van der Waals surface area contributed by atoms with Crippen LogP contribution in [0.5, 0.6) is 0 Å². The number of H-pyrrole nitrogens is 1. The van der Waals surface area contributed by atoms with Crippen LogP contribution in [0.15, 0.2) is 6.33 Å². The van der Waals surface area contributed by atoms with Crippen LogP contribution in [0.1, 0.15) is 5.82 Å². The molecule has 0 fully saturated rings. The highest BCUT2D eigenvalue weighted by molar-refractivity contribution is 8.00. The van der Waals surface area contributed by atoms with Gasteiger partial charge in [0, 0.05) is 7.05 Å². The van der Waals surface area contributed by atoms with Crippen molar-refractivity contribution in [3.8, 4) is 0 Å². The Morgan fingerprint density at radius 1 is 1.56 bits per heavy atom. The van der Waals surface area contributed by atoms with E-state index >= 15 is 0 Å². The van der Waals surface area contributed by atoms with Gasteiger partial charge in [-0.1, -0.05) is 0 Å². The molecule has 2 N–H and O–H groups in total. The largest absolute Gasteiger partial charge is 0.481 e. The van der Waals surface area contributed by atoms with Gasteiger partial charge in [-0.3, -0.25) is 14.7 Å². The van der Waals surface area contributed by atoms with Crippen LogP contribution in [0, 0.1) is 0 Å². The molecule has 0 aliphatic heterocycles. The Hall–Kier alpha value is -1.57. The third-order valence-electron chi connectivity index (χ3n) is 1.73. The Balaban J connectivity index is 2.28. The number of amides is 1. The molecule has 1 heterocycles. The first-order chi connectivity index (χ1) is 7.59. The van der Waals surface area contributed by atoms with Crippen LogP contribution >= 0.6 is 11.8 Å². The summed E-state index contributed by atoms with van der Waals surface area (Å²) in [7, 11) is 1.63. The highest BCUT2D eigenvalue weighted by Gasteiger charge is 2.11. The molecule has 0 saturated carbocycles. The summed E-state index contributed by atoms with van der Waals surface area (Å²) < 4.78 is 0. The lowest BCUT2D eigenvalue weighted by molar-refractivity contribution is -0.133. The molecule has 7 nitrogen and oxygen atoms in total. The first-order valence-corrected chi connectivity index (χ1v) is 5.63. The molecule has 8 heteroatoms. The average molecular weight is 244 g/mol. The number of carbonyl (C=O) groups is 2. The van der Waals surface area contributed by atoms with Crippen LogP contribution in [0.25, 0.3) is 0 Å². The van der Waals surface area contributed by atoms with E-state index in [-0.39, 0.29) is 17.4 Å². The molecular weight excluding hydrogens is 232 g/mol. The molecule has 1 aromatic heterocycles. The zero-order chi connectivity index (χ0) is 12.0. The van der Waals surface area contributed by atoms with Gasteiger partial charge in [0.25, 0.3) is 0 Å². The zero-order valence-corrected chi connectivity index (χ0v) is 9.53. The topological polar surface area (TPSA) is 99.2 Å². The maximum Gasteiger partial charge on any atom is 0.313 e. The number of carbonyl (C=O) groups excluding carboxylic acids is 1. The summed E-state index contributed by atoms with van der Waals surface area (Å²) in [6, 6.07) is 0. The predicted octanol–water partition coefficient (Wildman–Crippen LogP) is -0.419. The Labute approximate surface area is 96.2 Å². The van der Waals surface area contributed by atoms with Gasteiger partial charge in [0.15, 0.2) is 0 Å². The quantitative estimate of drug-likeness (QED) is 0.705. The molecule has 88 valence electrons. The van der Waals surface area contributed by atoms with Gasteiger partial charge in [-0.2, -0.15) is 5.10 Å². The summed E-state index contributed by atoms with van der Waals surface area (Å²) in [5, 5.41) is 14.7. The van der Waals surface area contributed by atoms with Crippen molar-refractivity contribution in [1.29, 1.82) is 0 Å². The van der Waals surface area contributed by atoms with Crippen LogP contribution in [-0.2, 0) is 16.1 Å². The first kappa shape index (κ1) is 12.5. The summed E-state index contributed by atoms with van der Waals surface area (Å²) in [5.41, 5.74) is 0. The fourth-order valence-electron chi connectivity index (χ4n) is 0.956. The number of rotatable bonds is 6. The molecule has 1 amide bonds. The fraction of sp³-hybridized carbons (Fsp3) is 0.500. The molecule has 0 aliphatic carbocycles. The molecule has 0 atom stereocenters. The average Bonchev–Trinajstić information content (AvgIpc) is 2.69. The Kier molecular flexibility index (Phi) is 4.77. The van der Waals surface area contributed by atoms with Crippen molar-refractivity contribution in [3.63, 3.8) is 0 Å². The minimum atomic E-state index is -0.921. The molecule has 0 aliphatic rings. The Morgan fingerprint density at radius 3 is 2.88 bits per heavy atom. The Morgan fingerprint density at radius 2 is 2.31 bits per heavy atom. The SMILES string of the molecule is CN(Cc1ncn[nH]1)C(=O)CSCC(=O)O. The van der Waals surface area contributed by atoms with E-state index in [1.165, 1.54) is 11.2 Å². The summed E-state index contributed by atoms with van der Waals surface area (Å²) in [5.74, 6) is -0.379. The van der Waals surface area contributed by atoms with E-state index in [1.54, 1.807) is 7.05 Å². The fourth-order valence-corrected chi connectivity index (χ4v) is 1.63. The lowest BCUT2D eigenvalue weighted by Crippen LogP contribution is -2.28. The van der Waals surface area contributed by atoms with Gasteiger partial charge in [-0.15, -0.1) is 11.8 Å². The van der Waals surface area contributed by atoms with Crippen molar-refractivity contribution in [2.24, 2.45) is 0 Å². The van der Waals surface area contributed by atoms with E-state index in [4.69, 9.17) is 5.11 Å². The second-order valence-corrected chi connectivity index (χ2v) is 4.05. The highest BCUT2D eigenvalue weighted by Crippen LogP contribution is 2.03. The van der Waals surface area contributed by atoms with Crippen LogP contribution < -0.4 is 0 Å². The summed E-state index contributed by atoms with van der Waals surface area (Å²) in [6.07, 6.45) is 1.37. The normalized spacial score (nSPS) is 10.1.